The first-order chi connectivity index (χ1) is 14.1. The number of anilines is 1. The van der Waals surface area contributed by atoms with E-state index < -0.39 is 5.91 Å². The number of carbonyl (C=O) groups is 1. The lowest BCUT2D eigenvalue weighted by Crippen LogP contribution is -2.14. The molecule has 0 heterocycles. The van der Waals surface area contributed by atoms with Gasteiger partial charge in [-0.2, -0.15) is 5.26 Å². The molecule has 3 rings (SSSR count). The fraction of sp³-hybridized carbons (Fsp3) is 0.0435. The van der Waals surface area contributed by atoms with Gasteiger partial charge in [-0.25, -0.2) is 0 Å². The number of rotatable bonds is 6. The van der Waals surface area contributed by atoms with E-state index in [1.54, 1.807) is 24.3 Å². The molecular weight excluding hydrogens is 499 g/mol. The summed E-state index contributed by atoms with van der Waals surface area (Å²) in [5.41, 5.74) is 2.31. The number of nitrogens with one attached hydrogen (secondary N) is 1. The van der Waals surface area contributed by atoms with Gasteiger partial charge >= 0.3 is 0 Å². The number of halogens is 2. The van der Waals surface area contributed by atoms with Gasteiger partial charge in [0, 0.05) is 3.57 Å². The van der Waals surface area contributed by atoms with Gasteiger partial charge in [0.15, 0.2) is 0 Å². The van der Waals surface area contributed by atoms with Gasteiger partial charge in [-0.05, 0) is 64.1 Å². The number of amides is 1. The van der Waals surface area contributed by atoms with Crippen LogP contribution >= 0.6 is 34.2 Å². The molecule has 0 fully saturated rings. The summed E-state index contributed by atoms with van der Waals surface area (Å²) < 4.78 is 6.64. The van der Waals surface area contributed by atoms with E-state index in [2.05, 4.69) is 27.9 Å². The molecule has 3 aromatic rings. The Morgan fingerprint density at radius 1 is 1.10 bits per heavy atom. The first-order valence-electron chi connectivity index (χ1n) is 8.71. The minimum absolute atomic E-state index is 0.0151. The largest absolute Gasteiger partial charge is 0.487 e. The van der Waals surface area contributed by atoms with Crippen molar-refractivity contribution in [3.8, 4) is 11.8 Å². The maximum absolute atomic E-state index is 12.4. The molecule has 0 atom stereocenters. The van der Waals surface area contributed by atoms with Crippen molar-refractivity contribution in [2.45, 2.75) is 6.61 Å². The van der Waals surface area contributed by atoms with E-state index >= 15 is 0 Å². The normalized spacial score (nSPS) is 10.9. The number of hydrogen-bond acceptors (Lipinski definition) is 3. The second-order valence-corrected chi connectivity index (χ2v) is 7.64. The molecule has 4 nitrogen and oxygen atoms in total. The van der Waals surface area contributed by atoms with Crippen LogP contribution in [0, 0.1) is 14.9 Å². The smallest absolute Gasteiger partial charge is 0.266 e. The molecule has 0 spiro atoms. The van der Waals surface area contributed by atoms with E-state index in [1.165, 1.54) is 6.08 Å². The number of hydrogen-bond donors (Lipinski definition) is 1. The zero-order valence-electron chi connectivity index (χ0n) is 15.2. The van der Waals surface area contributed by atoms with Crippen LogP contribution in [0.25, 0.3) is 6.08 Å². The van der Waals surface area contributed by atoms with Crippen molar-refractivity contribution in [3.05, 3.63) is 98.1 Å². The Labute approximate surface area is 187 Å². The van der Waals surface area contributed by atoms with E-state index in [4.69, 9.17) is 16.3 Å². The summed E-state index contributed by atoms with van der Waals surface area (Å²) in [4.78, 5) is 12.4. The summed E-state index contributed by atoms with van der Waals surface area (Å²) in [7, 11) is 0. The van der Waals surface area contributed by atoms with Crippen LogP contribution < -0.4 is 10.1 Å². The Morgan fingerprint density at radius 3 is 2.52 bits per heavy atom. The lowest BCUT2D eigenvalue weighted by molar-refractivity contribution is -0.112. The first-order valence-corrected chi connectivity index (χ1v) is 10.2. The number of para-hydroxylation sites is 1. The van der Waals surface area contributed by atoms with Crippen molar-refractivity contribution in [1.82, 2.24) is 0 Å². The third-order valence-corrected chi connectivity index (χ3v) is 5.23. The third kappa shape index (κ3) is 5.83. The highest BCUT2D eigenvalue weighted by atomic mass is 127. The van der Waals surface area contributed by atoms with E-state index in [9.17, 15) is 10.1 Å². The quantitative estimate of drug-likeness (QED) is 0.247. The number of benzene rings is 3. The van der Waals surface area contributed by atoms with Gasteiger partial charge in [0.05, 0.1) is 10.7 Å². The molecule has 0 saturated carbocycles. The first kappa shape index (κ1) is 20.9. The Balaban J connectivity index is 1.72. The lowest BCUT2D eigenvalue weighted by atomic mass is 10.1. The van der Waals surface area contributed by atoms with Crippen LogP contribution in [-0.4, -0.2) is 5.91 Å². The van der Waals surface area contributed by atoms with Gasteiger partial charge in [0.2, 0.25) is 0 Å². The van der Waals surface area contributed by atoms with Crippen LogP contribution in [0.3, 0.4) is 0 Å². The van der Waals surface area contributed by atoms with E-state index in [-0.39, 0.29) is 5.57 Å². The summed E-state index contributed by atoms with van der Waals surface area (Å²) in [6, 6.07) is 24.2. The van der Waals surface area contributed by atoms with Crippen LogP contribution in [-0.2, 0) is 11.4 Å². The molecule has 1 N–H and O–H groups in total. The Bertz CT molecular complexity index is 1090. The number of nitriles is 1. The Kier molecular flexibility index (Phi) is 7.28. The van der Waals surface area contributed by atoms with Gasteiger partial charge < -0.3 is 10.1 Å². The monoisotopic (exact) mass is 514 g/mol. The summed E-state index contributed by atoms with van der Waals surface area (Å²) in [5.74, 6) is 0.0617. The van der Waals surface area contributed by atoms with Crippen LogP contribution in [0.1, 0.15) is 11.1 Å². The molecule has 144 valence electrons. The molecule has 0 aromatic heterocycles. The van der Waals surface area contributed by atoms with Crippen molar-refractivity contribution in [2.75, 3.05) is 5.32 Å². The summed E-state index contributed by atoms with van der Waals surface area (Å²) in [6.45, 7) is 0.400. The fourth-order valence-corrected chi connectivity index (χ4v) is 3.29. The van der Waals surface area contributed by atoms with Gasteiger partial charge in [0.25, 0.3) is 5.91 Å². The van der Waals surface area contributed by atoms with Crippen LogP contribution in [0.4, 0.5) is 5.69 Å². The minimum atomic E-state index is -0.475. The predicted molar refractivity (Wildman–Crippen MR) is 124 cm³/mol. The highest BCUT2D eigenvalue weighted by Gasteiger charge is 2.12. The molecule has 0 unspecified atom stereocenters. The second kappa shape index (κ2) is 10.1. The maximum Gasteiger partial charge on any atom is 0.266 e. The molecule has 6 heteroatoms. The zero-order valence-corrected chi connectivity index (χ0v) is 18.1. The van der Waals surface area contributed by atoms with Crippen LogP contribution in [0.5, 0.6) is 5.75 Å². The molecule has 0 aliphatic carbocycles. The zero-order chi connectivity index (χ0) is 20.6. The molecular formula is C23H16ClIN2O2. The second-order valence-electron chi connectivity index (χ2n) is 6.07. The number of ether oxygens (including phenoxy) is 1. The van der Waals surface area contributed by atoms with Crippen molar-refractivity contribution in [1.29, 1.82) is 5.26 Å². The topological polar surface area (TPSA) is 62.1 Å². The minimum Gasteiger partial charge on any atom is -0.487 e. The van der Waals surface area contributed by atoms with Crippen molar-refractivity contribution < 1.29 is 9.53 Å². The molecule has 0 bridgehead atoms. The summed E-state index contributed by atoms with van der Waals surface area (Å²) in [6.07, 6.45) is 1.50. The van der Waals surface area contributed by atoms with Gasteiger partial charge in [-0.1, -0.05) is 60.1 Å². The average Bonchev–Trinajstić information content (AvgIpc) is 2.73. The third-order valence-electron chi connectivity index (χ3n) is 3.99. The number of carbonyl (C=O) groups excluding carboxylic acids is 1. The lowest BCUT2D eigenvalue weighted by Gasteiger charge is -2.09. The van der Waals surface area contributed by atoms with E-state index in [0.717, 1.165) is 9.13 Å². The molecule has 0 aliphatic heterocycles. The fourth-order valence-electron chi connectivity index (χ4n) is 2.53. The predicted octanol–water partition coefficient (Wildman–Crippen LogP) is 6.07. The Hall–Kier alpha value is -2.82. The molecule has 0 saturated heterocycles. The molecule has 0 aliphatic rings. The van der Waals surface area contributed by atoms with Crippen LogP contribution in [0.15, 0.2) is 78.4 Å². The highest BCUT2D eigenvalue weighted by molar-refractivity contribution is 14.1. The van der Waals surface area contributed by atoms with Gasteiger partial charge in [0.1, 0.15) is 24.0 Å². The molecule has 0 radical (unpaired) electrons. The maximum atomic E-state index is 12.4. The van der Waals surface area contributed by atoms with Crippen molar-refractivity contribution in [3.63, 3.8) is 0 Å². The SMILES string of the molecule is N#CC(=Cc1ccc(OCc2ccccc2)c(Cl)c1)C(=O)Nc1ccccc1I. The van der Waals surface area contributed by atoms with Gasteiger partial charge in [-0.3, -0.25) is 4.79 Å². The standard InChI is InChI=1S/C23H16ClIN2O2/c24-19-13-17(10-11-22(19)29-15-16-6-2-1-3-7-16)12-18(14-26)23(28)27-21-9-5-4-8-20(21)25/h1-13H,15H2,(H,27,28). The molecule has 1 amide bonds. The highest BCUT2D eigenvalue weighted by Crippen LogP contribution is 2.27. The summed E-state index contributed by atoms with van der Waals surface area (Å²) >= 11 is 8.44. The van der Waals surface area contributed by atoms with Crippen LogP contribution in [0.2, 0.25) is 5.02 Å². The summed E-state index contributed by atoms with van der Waals surface area (Å²) in [5, 5.41) is 12.6. The molecule has 3 aromatic carbocycles. The van der Waals surface area contributed by atoms with Crippen molar-refractivity contribution in [2.24, 2.45) is 0 Å². The van der Waals surface area contributed by atoms with E-state index in [1.807, 2.05) is 54.6 Å². The Morgan fingerprint density at radius 2 is 1.83 bits per heavy atom. The number of nitrogens with zero attached hydrogens (tertiary/aromatic N) is 1. The average molecular weight is 515 g/mol. The van der Waals surface area contributed by atoms with Crippen molar-refractivity contribution >= 4 is 51.9 Å². The molecule has 29 heavy (non-hydrogen) atoms. The van der Waals surface area contributed by atoms with Gasteiger partial charge in [-0.15, -0.1) is 0 Å². The van der Waals surface area contributed by atoms with E-state index in [0.29, 0.717) is 28.6 Å².